The maximum absolute atomic E-state index is 12.0. The fourth-order valence-electron chi connectivity index (χ4n) is 1.87. The fourth-order valence-corrected chi connectivity index (χ4v) is 2.27. The number of barbiturate groups is 1. The summed E-state index contributed by atoms with van der Waals surface area (Å²) in [6, 6.07) is 0.779. The van der Waals surface area contributed by atoms with Crippen LogP contribution in [0.3, 0.4) is 0 Å². The van der Waals surface area contributed by atoms with Crippen molar-refractivity contribution in [3.05, 3.63) is 22.2 Å². The second-order valence-corrected chi connectivity index (χ2v) is 5.60. The summed E-state index contributed by atoms with van der Waals surface area (Å²) in [4.78, 5) is 37.2. The van der Waals surface area contributed by atoms with E-state index in [-0.39, 0.29) is 11.2 Å². The number of carbonyl (C=O) groups is 3. The molecule has 1 fully saturated rings. The van der Waals surface area contributed by atoms with Gasteiger partial charge in [0.2, 0.25) is 11.2 Å². The SMILES string of the molecule is CCOc1cc(Br)cn(O)c1=NN=C1C(=O)N(C)C(=O)N(C)C1=O. The van der Waals surface area contributed by atoms with E-state index in [1.807, 2.05) is 0 Å². The minimum Gasteiger partial charge on any atom is -0.490 e. The molecule has 1 aliphatic rings. The lowest BCUT2D eigenvalue weighted by Gasteiger charge is -2.27. The Bertz CT molecular complexity index is 789. The van der Waals surface area contributed by atoms with Gasteiger partial charge in [-0.1, -0.05) is 0 Å². The Balaban J connectivity index is 2.56. The molecule has 10 nitrogen and oxygen atoms in total. The van der Waals surface area contributed by atoms with E-state index in [0.717, 1.165) is 9.80 Å². The maximum Gasteiger partial charge on any atom is 0.333 e. The van der Waals surface area contributed by atoms with Gasteiger partial charge in [0.05, 0.1) is 12.8 Å². The van der Waals surface area contributed by atoms with Crippen LogP contribution in [0, 0.1) is 0 Å². The summed E-state index contributed by atoms with van der Waals surface area (Å²) >= 11 is 3.19. The van der Waals surface area contributed by atoms with Crippen LogP contribution in [0.15, 0.2) is 26.9 Å². The van der Waals surface area contributed by atoms with Crippen LogP contribution in [0.5, 0.6) is 5.75 Å². The van der Waals surface area contributed by atoms with E-state index in [4.69, 9.17) is 4.74 Å². The fraction of sp³-hybridized carbons (Fsp3) is 0.308. The molecule has 0 aromatic carbocycles. The first-order chi connectivity index (χ1) is 11.3. The van der Waals surface area contributed by atoms with E-state index < -0.39 is 23.6 Å². The zero-order valence-corrected chi connectivity index (χ0v) is 14.6. The summed E-state index contributed by atoms with van der Waals surface area (Å²) in [5, 5.41) is 17.3. The van der Waals surface area contributed by atoms with Gasteiger partial charge in [0.15, 0.2) is 5.75 Å². The van der Waals surface area contributed by atoms with Gasteiger partial charge in [0.25, 0.3) is 11.8 Å². The molecule has 1 saturated heterocycles. The molecule has 128 valence electrons. The number of hydrogen-bond acceptors (Lipinski definition) is 7. The monoisotopic (exact) mass is 399 g/mol. The van der Waals surface area contributed by atoms with Gasteiger partial charge in [-0.3, -0.25) is 19.4 Å². The van der Waals surface area contributed by atoms with Crippen LogP contribution >= 0.6 is 15.9 Å². The number of rotatable bonds is 3. The van der Waals surface area contributed by atoms with E-state index in [2.05, 4.69) is 26.1 Å². The van der Waals surface area contributed by atoms with Gasteiger partial charge in [0.1, 0.15) is 0 Å². The Labute approximate surface area is 144 Å². The molecule has 1 N–H and O–H groups in total. The van der Waals surface area contributed by atoms with Crippen molar-refractivity contribution in [2.24, 2.45) is 10.2 Å². The van der Waals surface area contributed by atoms with Crippen LogP contribution in [0.1, 0.15) is 6.92 Å². The Morgan fingerprint density at radius 3 is 2.29 bits per heavy atom. The highest BCUT2D eigenvalue weighted by Crippen LogP contribution is 2.13. The van der Waals surface area contributed by atoms with Crippen LogP contribution < -0.4 is 10.2 Å². The normalized spacial score (nSPS) is 16.1. The second kappa shape index (κ2) is 6.83. The first-order valence-corrected chi connectivity index (χ1v) is 7.53. The number of nitrogens with zero attached hydrogens (tertiary/aromatic N) is 5. The minimum absolute atomic E-state index is 0.115. The number of aromatic nitrogens is 1. The topological polar surface area (TPSA) is 117 Å². The molecular formula is C13H14BrN5O5. The van der Waals surface area contributed by atoms with Gasteiger partial charge in [-0.2, -0.15) is 4.73 Å². The van der Waals surface area contributed by atoms with Crippen LogP contribution in [-0.4, -0.2) is 64.0 Å². The number of urea groups is 1. The van der Waals surface area contributed by atoms with Crippen molar-refractivity contribution in [3.8, 4) is 5.75 Å². The zero-order chi connectivity index (χ0) is 18.0. The highest BCUT2D eigenvalue weighted by atomic mass is 79.9. The molecule has 0 atom stereocenters. The third-order valence-electron chi connectivity index (χ3n) is 3.08. The van der Waals surface area contributed by atoms with Gasteiger partial charge in [-0.25, -0.2) is 4.79 Å². The van der Waals surface area contributed by atoms with E-state index in [9.17, 15) is 19.6 Å². The highest BCUT2D eigenvalue weighted by Gasteiger charge is 2.39. The van der Waals surface area contributed by atoms with E-state index in [1.54, 1.807) is 13.0 Å². The van der Waals surface area contributed by atoms with Crippen LogP contribution in [0.2, 0.25) is 0 Å². The highest BCUT2D eigenvalue weighted by molar-refractivity contribution is 9.10. The standard InChI is InChI=1S/C13H14BrN5O5/c1-4-24-8-5-7(14)6-19(23)10(8)16-15-9-11(20)17(2)13(22)18(3)12(9)21/h5-6,23H,4H2,1-3H3. The van der Waals surface area contributed by atoms with E-state index in [0.29, 0.717) is 15.8 Å². The smallest absolute Gasteiger partial charge is 0.333 e. The summed E-state index contributed by atoms with van der Waals surface area (Å²) in [5.41, 5.74) is -0.666. The summed E-state index contributed by atoms with van der Waals surface area (Å²) in [6.07, 6.45) is 1.29. The summed E-state index contributed by atoms with van der Waals surface area (Å²) < 4.78 is 6.49. The maximum atomic E-state index is 12.0. The van der Waals surface area contributed by atoms with Crippen molar-refractivity contribution in [2.45, 2.75) is 6.92 Å². The lowest BCUT2D eigenvalue weighted by Crippen LogP contribution is -2.57. The van der Waals surface area contributed by atoms with Crippen molar-refractivity contribution in [1.29, 1.82) is 0 Å². The lowest BCUT2D eigenvalue weighted by atomic mass is 10.2. The molecule has 2 rings (SSSR count). The predicted molar refractivity (Wildman–Crippen MR) is 84.4 cm³/mol. The van der Waals surface area contributed by atoms with Crippen LogP contribution in [-0.2, 0) is 9.59 Å². The Morgan fingerprint density at radius 1 is 1.17 bits per heavy atom. The van der Waals surface area contributed by atoms with Crippen molar-refractivity contribution < 1.29 is 24.3 Å². The van der Waals surface area contributed by atoms with Crippen LogP contribution in [0.4, 0.5) is 4.79 Å². The molecule has 1 aromatic rings. The molecule has 0 saturated carbocycles. The molecule has 0 spiro atoms. The minimum atomic E-state index is -0.883. The van der Waals surface area contributed by atoms with Gasteiger partial charge >= 0.3 is 6.03 Å². The van der Waals surface area contributed by atoms with Crippen LogP contribution in [0.25, 0.3) is 0 Å². The molecule has 1 aliphatic heterocycles. The lowest BCUT2D eigenvalue weighted by molar-refractivity contribution is -0.129. The number of ether oxygens (including phenoxy) is 1. The summed E-state index contributed by atoms with van der Waals surface area (Å²) in [5.74, 6) is -1.58. The van der Waals surface area contributed by atoms with Crippen molar-refractivity contribution in [1.82, 2.24) is 14.5 Å². The molecule has 1 aromatic heterocycles. The Kier molecular flexibility index (Phi) is 5.02. The van der Waals surface area contributed by atoms with Gasteiger partial charge in [0, 0.05) is 24.6 Å². The van der Waals surface area contributed by atoms with Crippen molar-refractivity contribution in [3.63, 3.8) is 0 Å². The summed E-state index contributed by atoms with van der Waals surface area (Å²) in [6.45, 7) is 2.04. The number of pyridine rings is 1. The summed E-state index contributed by atoms with van der Waals surface area (Å²) in [7, 11) is 2.45. The van der Waals surface area contributed by atoms with Crippen molar-refractivity contribution >= 4 is 39.5 Å². The van der Waals surface area contributed by atoms with E-state index >= 15 is 0 Å². The number of imide groups is 2. The van der Waals surface area contributed by atoms with Gasteiger partial charge in [-0.05, 0) is 22.9 Å². The molecule has 24 heavy (non-hydrogen) atoms. The second-order valence-electron chi connectivity index (χ2n) is 4.68. The molecule has 0 radical (unpaired) electrons. The molecule has 0 bridgehead atoms. The number of halogens is 1. The molecular weight excluding hydrogens is 386 g/mol. The third-order valence-corrected chi connectivity index (χ3v) is 3.52. The first-order valence-electron chi connectivity index (χ1n) is 6.74. The Hall–Kier alpha value is -2.69. The zero-order valence-electron chi connectivity index (χ0n) is 13.1. The van der Waals surface area contributed by atoms with Crippen molar-refractivity contribution in [2.75, 3.05) is 20.7 Å². The predicted octanol–water partition coefficient (Wildman–Crippen LogP) is 0.194. The average molecular weight is 400 g/mol. The Morgan fingerprint density at radius 2 is 1.75 bits per heavy atom. The quantitative estimate of drug-likeness (QED) is 0.575. The third kappa shape index (κ3) is 3.15. The average Bonchev–Trinajstić information content (AvgIpc) is 2.53. The van der Waals surface area contributed by atoms with E-state index in [1.165, 1.54) is 20.3 Å². The largest absolute Gasteiger partial charge is 0.490 e. The van der Waals surface area contributed by atoms with Gasteiger partial charge in [-0.15, -0.1) is 10.2 Å². The molecule has 11 heteroatoms. The van der Waals surface area contributed by atoms with Gasteiger partial charge < -0.3 is 9.94 Å². The first kappa shape index (κ1) is 17.7. The number of hydrogen-bond donors (Lipinski definition) is 1. The molecule has 0 aliphatic carbocycles. The molecule has 2 heterocycles. The molecule has 0 unspecified atom stereocenters. The number of amides is 4. The number of carbonyl (C=O) groups excluding carboxylic acids is 3. The molecule has 4 amide bonds.